The lowest BCUT2D eigenvalue weighted by atomic mass is 9.99. The Morgan fingerprint density at radius 2 is 1.96 bits per heavy atom. The molecule has 1 fully saturated rings. The second-order valence-electron chi connectivity index (χ2n) is 6.80. The zero-order valence-corrected chi connectivity index (χ0v) is 17.3. The lowest BCUT2D eigenvalue weighted by molar-refractivity contribution is -0.162. The number of hydrogen-bond donors (Lipinski definition) is 1. The molecule has 1 unspecified atom stereocenters. The van der Waals surface area contributed by atoms with Gasteiger partial charge in [0.1, 0.15) is 0 Å². The zero-order chi connectivity index (χ0) is 19.8. The summed E-state index contributed by atoms with van der Waals surface area (Å²) in [5.74, 6) is -0.0989. The van der Waals surface area contributed by atoms with Crippen LogP contribution in [0.15, 0.2) is 42.5 Å². The van der Waals surface area contributed by atoms with E-state index in [1.165, 1.54) is 6.42 Å². The van der Waals surface area contributed by atoms with E-state index < -0.39 is 0 Å². The molecule has 4 nitrogen and oxygen atoms in total. The SMILES string of the molecule is O=C(NCCCCOC1CCCCO1)c1ccccc1-c1ccc(Cl)c(Cl)c1. The Labute approximate surface area is 176 Å². The van der Waals surface area contributed by atoms with Gasteiger partial charge in [-0.15, -0.1) is 0 Å². The molecule has 3 rings (SSSR count). The molecule has 1 amide bonds. The van der Waals surface area contributed by atoms with Crippen LogP contribution < -0.4 is 5.32 Å². The Morgan fingerprint density at radius 3 is 2.75 bits per heavy atom. The fourth-order valence-corrected chi connectivity index (χ4v) is 3.48. The van der Waals surface area contributed by atoms with Gasteiger partial charge in [0.2, 0.25) is 0 Å². The van der Waals surface area contributed by atoms with Crippen LogP contribution in [0.4, 0.5) is 0 Å². The first kappa shape index (κ1) is 21.1. The van der Waals surface area contributed by atoms with E-state index in [-0.39, 0.29) is 12.2 Å². The van der Waals surface area contributed by atoms with Crippen LogP contribution in [0.5, 0.6) is 0 Å². The number of rotatable bonds is 8. The third-order valence-corrected chi connectivity index (χ3v) is 5.44. The van der Waals surface area contributed by atoms with Crippen LogP contribution in [0, 0.1) is 0 Å². The summed E-state index contributed by atoms with van der Waals surface area (Å²) in [6.45, 7) is 2.04. The molecule has 0 spiro atoms. The van der Waals surface area contributed by atoms with E-state index in [2.05, 4.69) is 5.32 Å². The van der Waals surface area contributed by atoms with Crippen molar-refractivity contribution in [1.29, 1.82) is 0 Å². The maximum atomic E-state index is 12.6. The van der Waals surface area contributed by atoms with E-state index in [1.54, 1.807) is 12.1 Å². The van der Waals surface area contributed by atoms with Gasteiger partial charge in [0, 0.05) is 25.3 Å². The Morgan fingerprint density at radius 1 is 1.11 bits per heavy atom. The summed E-state index contributed by atoms with van der Waals surface area (Å²) in [4.78, 5) is 12.6. The largest absolute Gasteiger partial charge is 0.353 e. The predicted molar refractivity (Wildman–Crippen MR) is 113 cm³/mol. The van der Waals surface area contributed by atoms with Crippen molar-refractivity contribution in [2.24, 2.45) is 0 Å². The van der Waals surface area contributed by atoms with Crippen molar-refractivity contribution in [1.82, 2.24) is 5.32 Å². The molecule has 6 heteroatoms. The van der Waals surface area contributed by atoms with Crippen LogP contribution in [0.1, 0.15) is 42.5 Å². The molecule has 0 bridgehead atoms. The third kappa shape index (κ3) is 5.95. The predicted octanol–water partition coefficient (Wildman–Crippen LogP) is 5.71. The molecule has 2 aromatic carbocycles. The number of nitrogens with one attached hydrogen (secondary N) is 1. The standard InChI is InChI=1S/C22H25Cl2NO3/c23-19-11-10-16(15-20(19)24)17-7-1-2-8-18(17)22(26)25-12-4-6-14-28-21-9-3-5-13-27-21/h1-2,7-8,10-11,15,21H,3-6,9,12-14H2,(H,25,26). The zero-order valence-electron chi connectivity index (χ0n) is 15.8. The Balaban J connectivity index is 1.48. The van der Waals surface area contributed by atoms with Crippen LogP contribution >= 0.6 is 23.2 Å². The van der Waals surface area contributed by atoms with Gasteiger partial charge in [0.25, 0.3) is 5.91 Å². The average Bonchev–Trinajstić information content (AvgIpc) is 2.73. The average molecular weight is 422 g/mol. The van der Waals surface area contributed by atoms with Crippen LogP contribution in [-0.2, 0) is 9.47 Å². The number of hydrogen-bond acceptors (Lipinski definition) is 3. The number of carbonyl (C=O) groups excluding carboxylic acids is 1. The fraction of sp³-hybridized carbons (Fsp3) is 0.409. The van der Waals surface area contributed by atoms with E-state index in [0.717, 1.165) is 43.4 Å². The molecule has 0 aromatic heterocycles. The van der Waals surface area contributed by atoms with Gasteiger partial charge in [-0.05, 0) is 61.4 Å². The molecule has 2 aromatic rings. The van der Waals surface area contributed by atoms with Gasteiger partial charge < -0.3 is 14.8 Å². The van der Waals surface area contributed by atoms with Gasteiger partial charge in [-0.1, -0.05) is 47.5 Å². The third-order valence-electron chi connectivity index (χ3n) is 4.70. The minimum absolute atomic E-state index is 0.0542. The summed E-state index contributed by atoms with van der Waals surface area (Å²) in [7, 11) is 0. The summed E-state index contributed by atoms with van der Waals surface area (Å²) in [5.41, 5.74) is 2.31. The van der Waals surface area contributed by atoms with Crippen molar-refractivity contribution in [3.05, 3.63) is 58.1 Å². The van der Waals surface area contributed by atoms with Gasteiger partial charge in [-0.25, -0.2) is 0 Å². The van der Waals surface area contributed by atoms with Crippen molar-refractivity contribution >= 4 is 29.1 Å². The molecule has 0 radical (unpaired) electrons. The lowest BCUT2D eigenvalue weighted by Crippen LogP contribution is -2.26. The number of halogens is 2. The van der Waals surface area contributed by atoms with Crippen molar-refractivity contribution < 1.29 is 14.3 Å². The summed E-state index contributed by atoms with van der Waals surface area (Å²) >= 11 is 12.1. The van der Waals surface area contributed by atoms with E-state index in [1.807, 2.05) is 30.3 Å². The fourth-order valence-electron chi connectivity index (χ4n) is 3.18. The molecule has 1 saturated heterocycles. The van der Waals surface area contributed by atoms with Crippen molar-refractivity contribution in [3.63, 3.8) is 0 Å². The second kappa shape index (κ2) is 10.8. The number of ether oxygens (including phenoxy) is 2. The smallest absolute Gasteiger partial charge is 0.251 e. The monoisotopic (exact) mass is 421 g/mol. The van der Waals surface area contributed by atoms with Gasteiger partial charge in [0.15, 0.2) is 6.29 Å². The highest BCUT2D eigenvalue weighted by Crippen LogP contribution is 2.30. The van der Waals surface area contributed by atoms with Gasteiger partial charge in [-0.3, -0.25) is 4.79 Å². The van der Waals surface area contributed by atoms with E-state index in [4.69, 9.17) is 32.7 Å². The van der Waals surface area contributed by atoms with Crippen LogP contribution in [-0.4, -0.2) is 32.0 Å². The quantitative estimate of drug-likeness (QED) is 0.554. The number of amides is 1. The van der Waals surface area contributed by atoms with Crippen LogP contribution in [0.2, 0.25) is 10.0 Å². The van der Waals surface area contributed by atoms with Crippen molar-refractivity contribution in [3.8, 4) is 11.1 Å². The molecule has 0 aliphatic carbocycles. The first-order valence-corrected chi connectivity index (χ1v) is 10.5. The molecule has 150 valence electrons. The van der Waals surface area contributed by atoms with Crippen molar-refractivity contribution in [2.75, 3.05) is 19.8 Å². The van der Waals surface area contributed by atoms with Gasteiger partial charge in [0.05, 0.1) is 10.0 Å². The normalized spacial score (nSPS) is 16.7. The highest BCUT2D eigenvalue weighted by atomic mass is 35.5. The molecule has 1 aliphatic heterocycles. The van der Waals surface area contributed by atoms with Gasteiger partial charge >= 0.3 is 0 Å². The maximum Gasteiger partial charge on any atom is 0.251 e. The number of unbranched alkanes of at least 4 members (excludes halogenated alkanes) is 1. The summed E-state index contributed by atoms with van der Waals surface area (Å²) in [6.07, 6.45) is 4.94. The molecule has 1 atom stereocenters. The first-order valence-electron chi connectivity index (χ1n) is 9.71. The van der Waals surface area contributed by atoms with E-state index in [9.17, 15) is 4.79 Å². The minimum Gasteiger partial charge on any atom is -0.353 e. The minimum atomic E-state index is -0.0989. The molecule has 1 heterocycles. The van der Waals surface area contributed by atoms with Gasteiger partial charge in [-0.2, -0.15) is 0 Å². The molecular formula is C22H25Cl2NO3. The number of carbonyl (C=O) groups is 1. The lowest BCUT2D eigenvalue weighted by Gasteiger charge is -2.22. The summed E-state index contributed by atoms with van der Waals surface area (Å²) in [6, 6.07) is 12.9. The maximum absolute atomic E-state index is 12.6. The van der Waals surface area contributed by atoms with Crippen LogP contribution in [0.3, 0.4) is 0 Å². The molecular weight excluding hydrogens is 397 g/mol. The van der Waals surface area contributed by atoms with E-state index in [0.29, 0.717) is 28.8 Å². The number of benzene rings is 2. The molecule has 28 heavy (non-hydrogen) atoms. The van der Waals surface area contributed by atoms with Crippen molar-refractivity contribution in [2.45, 2.75) is 38.4 Å². The Bertz CT molecular complexity index is 791. The highest BCUT2D eigenvalue weighted by Gasteiger charge is 2.14. The van der Waals surface area contributed by atoms with E-state index >= 15 is 0 Å². The molecule has 1 N–H and O–H groups in total. The summed E-state index contributed by atoms with van der Waals surface area (Å²) < 4.78 is 11.3. The topological polar surface area (TPSA) is 47.6 Å². The Kier molecular flexibility index (Phi) is 8.16. The first-order chi connectivity index (χ1) is 13.6. The van der Waals surface area contributed by atoms with Crippen LogP contribution in [0.25, 0.3) is 11.1 Å². The molecule has 1 aliphatic rings. The second-order valence-corrected chi connectivity index (χ2v) is 7.62. The molecule has 0 saturated carbocycles. The summed E-state index contributed by atoms with van der Waals surface area (Å²) in [5, 5.41) is 3.95. The Hall–Kier alpha value is -1.59. The highest BCUT2D eigenvalue weighted by molar-refractivity contribution is 6.42.